The average Bonchev–Trinajstić information content (AvgIpc) is 2.80. The van der Waals surface area contributed by atoms with Crippen LogP contribution in [0.15, 0.2) is 49.1 Å². The van der Waals surface area contributed by atoms with E-state index in [1.807, 2.05) is 19.9 Å². The molecule has 33 heavy (non-hydrogen) atoms. The third-order valence-corrected chi connectivity index (χ3v) is 5.82. The summed E-state index contributed by atoms with van der Waals surface area (Å²) >= 11 is 0. The van der Waals surface area contributed by atoms with Crippen LogP contribution in [0, 0.1) is 6.92 Å². The molecule has 10 heteroatoms. The van der Waals surface area contributed by atoms with E-state index in [1.165, 1.54) is 6.07 Å². The van der Waals surface area contributed by atoms with Crippen molar-refractivity contribution in [2.24, 2.45) is 0 Å². The molecule has 0 spiro atoms. The molecule has 1 fully saturated rings. The van der Waals surface area contributed by atoms with Gasteiger partial charge in [-0.3, -0.25) is 9.78 Å². The summed E-state index contributed by atoms with van der Waals surface area (Å²) in [6.45, 7) is 4.33. The molecule has 4 heterocycles. The number of likely N-dealkylation sites (tertiary alicyclic amines) is 1. The minimum absolute atomic E-state index is 0.173. The number of nitrogens with zero attached hydrogens (tertiary/aromatic N) is 5. The highest BCUT2D eigenvalue weighted by Gasteiger charge is 2.34. The van der Waals surface area contributed by atoms with Gasteiger partial charge in [-0.05, 0) is 56.5 Å². The van der Waals surface area contributed by atoms with Crippen molar-refractivity contribution in [2.45, 2.75) is 44.9 Å². The Labute approximate surface area is 189 Å². The fourth-order valence-corrected chi connectivity index (χ4v) is 4.03. The molecule has 2 atom stereocenters. The van der Waals surface area contributed by atoms with Crippen LogP contribution in [0.25, 0.3) is 11.4 Å². The molecule has 3 aromatic rings. The quantitative estimate of drug-likeness (QED) is 0.628. The van der Waals surface area contributed by atoms with Crippen molar-refractivity contribution in [1.82, 2.24) is 24.8 Å². The Balaban J connectivity index is 1.56. The van der Waals surface area contributed by atoms with Crippen molar-refractivity contribution >= 4 is 11.7 Å². The number of aryl methyl sites for hydroxylation is 1. The number of aromatic nitrogens is 4. The zero-order valence-electron chi connectivity index (χ0n) is 18.2. The number of halogens is 3. The van der Waals surface area contributed by atoms with Crippen molar-refractivity contribution in [2.75, 3.05) is 11.9 Å². The molecule has 1 aliphatic rings. The first kappa shape index (κ1) is 22.6. The number of carbonyl (C=O) groups excluding carboxylic acids is 1. The predicted molar refractivity (Wildman–Crippen MR) is 116 cm³/mol. The highest BCUT2D eigenvalue weighted by atomic mass is 19.4. The smallest absolute Gasteiger partial charge is 0.365 e. The summed E-state index contributed by atoms with van der Waals surface area (Å²) in [5.41, 5.74) is 0.909. The lowest BCUT2D eigenvalue weighted by Crippen LogP contribution is -2.52. The molecule has 3 aromatic heterocycles. The van der Waals surface area contributed by atoms with Crippen LogP contribution in [-0.2, 0) is 6.18 Å². The summed E-state index contributed by atoms with van der Waals surface area (Å²) in [4.78, 5) is 32.1. The average molecular weight is 456 g/mol. The molecular formula is C23H23F3N6O. The molecule has 0 aromatic carbocycles. The molecule has 1 N–H and O–H groups in total. The van der Waals surface area contributed by atoms with E-state index in [4.69, 9.17) is 0 Å². The third-order valence-electron chi connectivity index (χ3n) is 5.82. The number of hydrogen-bond donors (Lipinski definition) is 1. The zero-order valence-corrected chi connectivity index (χ0v) is 18.2. The van der Waals surface area contributed by atoms with E-state index in [9.17, 15) is 18.0 Å². The Morgan fingerprint density at radius 2 is 1.85 bits per heavy atom. The number of rotatable bonds is 4. The first-order chi connectivity index (χ1) is 15.8. The van der Waals surface area contributed by atoms with Gasteiger partial charge < -0.3 is 10.2 Å². The van der Waals surface area contributed by atoms with Gasteiger partial charge in [0.2, 0.25) is 0 Å². The van der Waals surface area contributed by atoms with E-state index >= 15 is 0 Å². The van der Waals surface area contributed by atoms with E-state index in [0.29, 0.717) is 23.8 Å². The van der Waals surface area contributed by atoms with Crippen LogP contribution in [0.5, 0.6) is 0 Å². The van der Waals surface area contributed by atoms with Gasteiger partial charge in [0.1, 0.15) is 11.5 Å². The molecule has 1 aliphatic heterocycles. The van der Waals surface area contributed by atoms with Crippen molar-refractivity contribution in [3.8, 4) is 11.4 Å². The highest BCUT2D eigenvalue weighted by molar-refractivity contribution is 5.99. The second kappa shape index (κ2) is 9.13. The number of nitrogens with one attached hydrogen (secondary N) is 1. The summed E-state index contributed by atoms with van der Waals surface area (Å²) in [7, 11) is 0. The SMILES string of the molecule is Cc1ccnc(C(=O)N2CCCC(Nc3ccc(C(F)(F)F)cn3)C2C)c1-c1ncccn1. The van der Waals surface area contributed by atoms with Crippen LogP contribution < -0.4 is 5.32 Å². The molecule has 1 amide bonds. The largest absolute Gasteiger partial charge is 0.417 e. The maximum Gasteiger partial charge on any atom is 0.417 e. The maximum absolute atomic E-state index is 13.5. The second-order valence-corrected chi connectivity index (χ2v) is 7.99. The molecule has 1 saturated heterocycles. The molecule has 0 aliphatic carbocycles. The molecule has 2 unspecified atom stereocenters. The van der Waals surface area contributed by atoms with Gasteiger partial charge in [-0.2, -0.15) is 13.2 Å². The van der Waals surface area contributed by atoms with Gasteiger partial charge >= 0.3 is 6.18 Å². The van der Waals surface area contributed by atoms with Crippen LogP contribution in [0.3, 0.4) is 0 Å². The first-order valence-electron chi connectivity index (χ1n) is 10.6. The summed E-state index contributed by atoms with van der Waals surface area (Å²) in [6, 6.07) is 5.41. The minimum Gasteiger partial charge on any atom is -0.365 e. The van der Waals surface area contributed by atoms with Crippen molar-refractivity contribution in [3.63, 3.8) is 0 Å². The second-order valence-electron chi connectivity index (χ2n) is 7.99. The van der Waals surface area contributed by atoms with E-state index in [-0.39, 0.29) is 23.7 Å². The molecule has 4 rings (SSSR count). The third kappa shape index (κ3) is 4.79. The Morgan fingerprint density at radius 1 is 1.09 bits per heavy atom. The monoisotopic (exact) mass is 456 g/mol. The Hall–Kier alpha value is -3.56. The van der Waals surface area contributed by atoms with Gasteiger partial charge in [0.25, 0.3) is 5.91 Å². The number of alkyl halides is 3. The summed E-state index contributed by atoms with van der Waals surface area (Å²) < 4.78 is 38.4. The number of pyridine rings is 2. The van der Waals surface area contributed by atoms with Crippen molar-refractivity contribution < 1.29 is 18.0 Å². The van der Waals surface area contributed by atoms with Crippen LogP contribution in [0.2, 0.25) is 0 Å². The lowest BCUT2D eigenvalue weighted by molar-refractivity contribution is -0.137. The van der Waals surface area contributed by atoms with Crippen LogP contribution in [0.1, 0.15) is 41.4 Å². The van der Waals surface area contributed by atoms with E-state index in [0.717, 1.165) is 30.7 Å². The number of carbonyl (C=O) groups is 1. The van der Waals surface area contributed by atoms with Crippen LogP contribution >= 0.6 is 0 Å². The van der Waals surface area contributed by atoms with E-state index in [1.54, 1.807) is 29.6 Å². The van der Waals surface area contributed by atoms with E-state index < -0.39 is 11.7 Å². The van der Waals surface area contributed by atoms with Gasteiger partial charge in [0.15, 0.2) is 5.82 Å². The summed E-state index contributed by atoms with van der Waals surface area (Å²) in [5, 5.41) is 3.19. The number of amides is 1. The predicted octanol–water partition coefficient (Wildman–Crippen LogP) is 4.37. The lowest BCUT2D eigenvalue weighted by atomic mass is 9.96. The van der Waals surface area contributed by atoms with Gasteiger partial charge in [-0.1, -0.05) is 0 Å². The molecule has 0 bridgehead atoms. The Kier molecular flexibility index (Phi) is 6.26. The summed E-state index contributed by atoms with van der Waals surface area (Å²) in [5.74, 6) is 0.529. The van der Waals surface area contributed by atoms with Crippen LogP contribution in [-0.4, -0.2) is 49.4 Å². The van der Waals surface area contributed by atoms with Crippen molar-refractivity contribution in [1.29, 1.82) is 0 Å². The van der Waals surface area contributed by atoms with E-state index in [2.05, 4.69) is 25.3 Å². The van der Waals surface area contributed by atoms with Crippen LogP contribution in [0.4, 0.5) is 19.0 Å². The number of hydrogen-bond acceptors (Lipinski definition) is 6. The molecule has 0 radical (unpaired) electrons. The fourth-order valence-electron chi connectivity index (χ4n) is 4.03. The Morgan fingerprint density at radius 3 is 2.52 bits per heavy atom. The van der Waals surface area contributed by atoms with Gasteiger partial charge in [-0.25, -0.2) is 15.0 Å². The number of anilines is 1. The molecule has 0 saturated carbocycles. The first-order valence-corrected chi connectivity index (χ1v) is 10.6. The lowest BCUT2D eigenvalue weighted by Gasteiger charge is -2.40. The maximum atomic E-state index is 13.5. The summed E-state index contributed by atoms with van der Waals surface area (Å²) in [6.07, 6.45) is 2.68. The van der Waals surface area contributed by atoms with Gasteiger partial charge in [0.05, 0.1) is 11.1 Å². The fraction of sp³-hybridized carbons (Fsp3) is 0.348. The highest BCUT2D eigenvalue weighted by Crippen LogP contribution is 2.30. The molecular weight excluding hydrogens is 433 g/mol. The standard InChI is InChI=1S/C23H23F3N6O/c1-14-8-11-27-20(19(14)21-28-9-4-10-29-21)22(33)32-12-3-5-17(15(32)2)31-18-7-6-16(13-30-18)23(24,25)26/h4,6-11,13,15,17H,3,5,12H2,1-2H3,(H,30,31). The minimum atomic E-state index is -4.44. The van der Waals surface area contributed by atoms with Gasteiger partial charge in [0, 0.05) is 43.4 Å². The van der Waals surface area contributed by atoms with Gasteiger partial charge in [-0.15, -0.1) is 0 Å². The normalized spacial score (nSPS) is 18.8. The topological polar surface area (TPSA) is 83.9 Å². The molecule has 172 valence electrons. The zero-order chi connectivity index (χ0) is 23.6. The molecule has 7 nitrogen and oxygen atoms in total. The number of piperidine rings is 1. The van der Waals surface area contributed by atoms with Crippen molar-refractivity contribution in [3.05, 3.63) is 65.9 Å². The Bertz CT molecular complexity index is 1120.